The van der Waals surface area contributed by atoms with E-state index < -0.39 is 6.04 Å². The first-order valence-corrected chi connectivity index (χ1v) is 10.7. The summed E-state index contributed by atoms with van der Waals surface area (Å²) >= 11 is 0. The summed E-state index contributed by atoms with van der Waals surface area (Å²) in [5.41, 5.74) is 5.60. The van der Waals surface area contributed by atoms with E-state index in [0.717, 1.165) is 27.8 Å². The fourth-order valence-electron chi connectivity index (χ4n) is 4.21. The van der Waals surface area contributed by atoms with Crippen LogP contribution in [0, 0.1) is 13.8 Å². The Balaban J connectivity index is 1.48. The van der Waals surface area contributed by atoms with Gasteiger partial charge in [0.2, 0.25) is 11.9 Å². The lowest BCUT2D eigenvalue weighted by Gasteiger charge is -2.16. The van der Waals surface area contributed by atoms with Crippen molar-refractivity contribution in [2.24, 2.45) is 0 Å². The molecule has 5 rings (SSSR count). The predicted molar refractivity (Wildman–Crippen MR) is 126 cm³/mol. The van der Waals surface area contributed by atoms with Crippen LogP contribution in [0.25, 0.3) is 11.0 Å². The van der Waals surface area contributed by atoms with Crippen molar-refractivity contribution in [3.05, 3.63) is 89.5 Å². The fourth-order valence-corrected chi connectivity index (χ4v) is 4.21. The van der Waals surface area contributed by atoms with Gasteiger partial charge in [0.15, 0.2) is 0 Å². The Morgan fingerprint density at radius 1 is 0.969 bits per heavy atom. The summed E-state index contributed by atoms with van der Waals surface area (Å²) in [6, 6.07) is 22.8. The Hall–Kier alpha value is -3.93. The number of carbonyl (C=O) groups excluding carboxylic acids is 2. The van der Waals surface area contributed by atoms with Crippen LogP contribution in [0.5, 0.6) is 0 Å². The van der Waals surface area contributed by atoms with Gasteiger partial charge in [-0.3, -0.25) is 19.1 Å². The number of aryl methyl sites for hydroxylation is 2. The number of rotatable bonds is 5. The van der Waals surface area contributed by atoms with Crippen LogP contribution < -0.4 is 10.2 Å². The number of hydrogen-bond acceptors (Lipinski definition) is 3. The van der Waals surface area contributed by atoms with Crippen LogP contribution in [-0.4, -0.2) is 21.4 Å². The largest absolute Gasteiger partial charge is 0.326 e. The minimum Gasteiger partial charge on any atom is -0.326 e. The van der Waals surface area contributed by atoms with Gasteiger partial charge in [-0.2, -0.15) is 0 Å². The van der Waals surface area contributed by atoms with Crippen molar-refractivity contribution in [3.8, 4) is 0 Å². The van der Waals surface area contributed by atoms with E-state index in [1.54, 1.807) is 4.90 Å². The molecule has 4 aromatic rings. The van der Waals surface area contributed by atoms with Crippen LogP contribution in [-0.2, 0) is 16.1 Å². The van der Waals surface area contributed by atoms with Gasteiger partial charge in [-0.15, -0.1) is 0 Å². The summed E-state index contributed by atoms with van der Waals surface area (Å²) in [4.78, 5) is 32.8. The van der Waals surface area contributed by atoms with E-state index in [2.05, 4.69) is 5.32 Å². The minimum atomic E-state index is -0.633. The van der Waals surface area contributed by atoms with Crippen LogP contribution in [0.2, 0.25) is 0 Å². The Bertz CT molecular complexity index is 1320. The average molecular weight is 425 g/mol. The highest BCUT2D eigenvalue weighted by Crippen LogP contribution is 2.37. The second-order valence-corrected chi connectivity index (χ2v) is 8.26. The smallest absolute Gasteiger partial charge is 0.253 e. The number of nitrogens with one attached hydrogen (secondary N) is 1. The normalized spacial score (nSPS) is 15.2. The summed E-state index contributed by atoms with van der Waals surface area (Å²) in [7, 11) is 0. The summed E-state index contributed by atoms with van der Waals surface area (Å²) < 4.78 is 1.91. The number of benzene rings is 3. The van der Waals surface area contributed by atoms with Crippen LogP contribution in [0.4, 0.5) is 11.6 Å². The van der Waals surface area contributed by atoms with E-state index in [4.69, 9.17) is 4.98 Å². The number of para-hydroxylation sites is 3. The van der Waals surface area contributed by atoms with Crippen LogP contribution in [0.3, 0.4) is 0 Å². The molecule has 1 N–H and O–H groups in total. The SMILES string of the molecule is Cc1ccc(CN2C(=O)[C@@H](CC(=O)Nc3ccccc3C)n3c2nc2ccccc23)cc1. The van der Waals surface area contributed by atoms with Crippen molar-refractivity contribution in [1.29, 1.82) is 0 Å². The molecule has 1 aliphatic heterocycles. The molecule has 160 valence electrons. The van der Waals surface area contributed by atoms with E-state index in [0.29, 0.717) is 12.5 Å². The minimum absolute atomic E-state index is 0.0465. The Kier molecular flexibility index (Phi) is 4.98. The van der Waals surface area contributed by atoms with E-state index in [-0.39, 0.29) is 18.2 Å². The molecule has 6 nitrogen and oxygen atoms in total. The van der Waals surface area contributed by atoms with Gasteiger partial charge in [-0.25, -0.2) is 4.98 Å². The zero-order chi connectivity index (χ0) is 22.2. The summed E-state index contributed by atoms with van der Waals surface area (Å²) in [5, 5.41) is 2.96. The molecule has 3 aromatic carbocycles. The zero-order valence-corrected chi connectivity index (χ0v) is 18.1. The number of hydrogen-bond donors (Lipinski definition) is 1. The highest BCUT2D eigenvalue weighted by molar-refractivity contribution is 6.05. The number of nitrogens with zero attached hydrogens (tertiary/aromatic N) is 3. The van der Waals surface area contributed by atoms with E-state index in [1.807, 2.05) is 91.2 Å². The van der Waals surface area contributed by atoms with Gasteiger partial charge in [-0.1, -0.05) is 60.2 Å². The third kappa shape index (κ3) is 3.54. The monoisotopic (exact) mass is 424 g/mol. The van der Waals surface area contributed by atoms with Crippen molar-refractivity contribution in [3.63, 3.8) is 0 Å². The van der Waals surface area contributed by atoms with Crippen molar-refractivity contribution in [2.45, 2.75) is 32.9 Å². The fraction of sp³-hybridized carbons (Fsp3) is 0.192. The molecule has 2 heterocycles. The van der Waals surface area contributed by atoms with Crippen molar-refractivity contribution < 1.29 is 9.59 Å². The molecular weight excluding hydrogens is 400 g/mol. The van der Waals surface area contributed by atoms with Crippen molar-refractivity contribution in [1.82, 2.24) is 9.55 Å². The number of aromatic nitrogens is 2. The maximum atomic E-state index is 13.5. The molecule has 2 amide bonds. The highest BCUT2D eigenvalue weighted by Gasteiger charge is 2.40. The predicted octanol–water partition coefficient (Wildman–Crippen LogP) is 4.77. The van der Waals surface area contributed by atoms with Gasteiger partial charge >= 0.3 is 0 Å². The molecule has 32 heavy (non-hydrogen) atoms. The first-order chi connectivity index (χ1) is 15.5. The van der Waals surface area contributed by atoms with Crippen LogP contribution in [0.15, 0.2) is 72.8 Å². The molecule has 0 bridgehead atoms. The van der Waals surface area contributed by atoms with Gasteiger partial charge < -0.3 is 5.32 Å². The molecule has 1 aliphatic rings. The topological polar surface area (TPSA) is 67.2 Å². The number of carbonyl (C=O) groups is 2. The third-order valence-corrected chi connectivity index (χ3v) is 5.94. The Morgan fingerprint density at radius 3 is 2.47 bits per heavy atom. The quantitative estimate of drug-likeness (QED) is 0.502. The molecule has 1 atom stereocenters. The molecule has 0 radical (unpaired) electrons. The van der Waals surface area contributed by atoms with E-state index >= 15 is 0 Å². The van der Waals surface area contributed by atoms with Gasteiger partial charge in [-0.05, 0) is 43.2 Å². The zero-order valence-electron chi connectivity index (χ0n) is 18.1. The van der Waals surface area contributed by atoms with Crippen LogP contribution in [0.1, 0.15) is 29.2 Å². The first kappa shape index (κ1) is 20.0. The lowest BCUT2D eigenvalue weighted by atomic mass is 10.1. The first-order valence-electron chi connectivity index (χ1n) is 10.7. The lowest BCUT2D eigenvalue weighted by Crippen LogP contribution is -2.31. The number of fused-ring (bicyclic) bond motifs is 3. The summed E-state index contributed by atoms with van der Waals surface area (Å²) in [5.74, 6) is 0.280. The van der Waals surface area contributed by atoms with Crippen molar-refractivity contribution >= 4 is 34.5 Å². The van der Waals surface area contributed by atoms with E-state index in [1.165, 1.54) is 5.56 Å². The average Bonchev–Trinajstić information content (AvgIpc) is 3.27. The Morgan fingerprint density at radius 2 is 1.69 bits per heavy atom. The molecular formula is C26H24N4O2. The second kappa shape index (κ2) is 7.96. The van der Waals surface area contributed by atoms with Crippen molar-refractivity contribution in [2.75, 3.05) is 10.2 Å². The number of anilines is 2. The number of imidazole rings is 1. The molecule has 6 heteroatoms. The van der Waals surface area contributed by atoms with Gasteiger partial charge in [0.1, 0.15) is 6.04 Å². The van der Waals surface area contributed by atoms with Gasteiger partial charge in [0.25, 0.3) is 5.91 Å². The molecule has 0 saturated carbocycles. The number of amides is 2. The third-order valence-electron chi connectivity index (χ3n) is 5.94. The van der Waals surface area contributed by atoms with Crippen LogP contribution >= 0.6 is 0 Å². The molecule has 0 aliphatic carbocycles. The lowest BCUT2D eigenvalue weighted by molar-refractivity contribution is -0.124. The van der Waals surface area contributed by atoms with E-state index in [9.17, 15) is 9.59 Å². The molecule has 0 spiro atoms. The standard InChI is InChI=1S/C26H24N4O2/c1-17-11-13-19(14-12-17)16-29-25(32)23(15-24(31)27-20-8-4-3-7-18(20)2)30-22-10-6-5-9-21(22)28-26(29)30/h3-14,23H,15-16H2,1-2H3,(H,27,31)/t23-/m1/s1. The Labute approximate surface area is 186 Å². The summed E-state index contributed by atoms with van der Waals surface area (Å²) in [6.07, 6.45) is 0.0465. The molecule has 1 aromatic heterocycles. The maximum absolute atomic E-state index is 13.5. The molecule has 0 fully saturated rings. The second-order valence-electron chi connectivity index (χ2n) is 8.26. The molecule has 0 unspecified atom stereocenters. The van der Waals surface area contributed by atoms with Gasteiger partial charge in [0.05, 0.1) is 24.0 Å². The van der Waals surface area contributed by atoms with Gasteiger partial charge in [0, 0.05) is 5.69 Å². The molecule has 0 saturated heterocycles. The maximum Gasteiger partial charge on any atom is 0.253 e. The summed E-state index contributed by atoms with van der Waals surface area (Å²) in [6.45, 7) is 4.40. The highest BCUT2D eigenvalue weighted by atomic mass is 16.2.